The molecule has 104 valence electrons. The largest absolute Gasteiger partial charge is 0.322 e. The van der Waals surface area contributed by atoms with Crippen LogP contribution in [0.25, 0.3) is 0 Å². The van der Waals surface area contributed by atoms with Gasteiger partial charge in [0.2, 0.25) is 0 Å². The minimum atomic E-state index is -3.25. The smallest absolute Gasteiger partial charge is 0.257 e. The van der Waals surface area contributed by atoms with Crippen molar-refractivity contribution in [3.05, 3.63) is 53.3 Å². The molecule has 0 fully saturated rings. The van der Waals surface area contributed by atoms with Gasteiger partial charge in [0, 0.05) is 24.3 Å². The molecule has 0 radical (unpaired) electrons. The molecule has 2 rings (SSSR count). The van der Waals surface area contributed by atoms with E-state index in [4.69, 9.17) is 11.6 Å². The molecule has 0 aliphatic rings. The van der Waals surface area contributed by atoms with E-state index < -0.39 is 9.84 Å². The van der Waals surface area contributed by atoms with Crippen molar-refractivity contribution in [3.8, 4) is 0 Å². The van der Waals surface area contributed by atoms with Crippen LogP contribution in [-0.2, 0) is 9.84 Å². The fourth-order valence-electron chi connectivity index (χ4n) is 1.54. The Morgan fingerprint density at radius 1 is 1.20 bits per heavy atom. The lowest BCUT2D eigenvalue weighted by molar-refractivity contribution is 0.102. The Balaban J connectivity index is 2.19. The molecule has 0 spiro atoms. The van der Waals surface area contributed by atoms with Crippen LogP contribution in [-0.4, -0.2) is 25.6 Å². The highest BCUT2D eigenvalue weighted by Crippen LogP contribution is 2.17. The zero-order valence-electron chi connectivity index (χ0n) is 10.5. The summed E-state index contributed by atoms with van der Waals surface area (Å²) in [4.78, 5) is 16.0. The van der Waals surface area contributed by atoms with E-state index in [0.29, 0.717) is 11.3 Å². The van der Waals surface area contributed by atoms with Crippen LogP contribution in [0.1, 0.15) is 10.4 Å². The van der Waals surface area contributed by atoms with Crippen LogP contribution in [0.5, 0.6) is 0 Å². The second-order valence-corrected chi connectivity index (χ2v) is 6.53. The molecule has 0 atom stereocenters. The second kappa shape index (κ2) is 5.60. The van der Waals surface area contributed by atoms with E-state index in [1.807, 2.05) is 0 Å². The highest BCUT2D eigenvalue weighted by molar-refractivity contribution is 7.90. The van der Waals surface area contributed by atoms with Crippen LogP contribution in [0.4, 0.5) is 5.69 Å². The summed E-state index contributed by atoms with van der Waals surface area (Å²) in [7, 11) is -3.25. The number of halogens is 1. The lowest BCUT2D eigenvalue weighted by Crippen LogP contribution is -2.12. The van der Waals surface area contributed by atoms with Crippen molar-refractivity contribution in [3.63, 3.8) is 0 Å². The van der Waals surface area contributed by atoms with E-state index in [9.17, 15) is 13.2 Å². The summed E-state index contributed by atoms with van der Waals surface area (Å²) in [5, 5.41) is 2.88. The van der Waals surface area contributed by atoms with Gasteiger partial charge in [-0.05, 0) is 30.3 Å². The summed E-state index contributed by atoms with van der Waals surface area (Å²) >= 11 is 5.87. The van der Waals surface area contributed by atoms with Crippen molar-refractivity contribution >= 4 is 33.0 Å². The quantitative estimate of drug-likeness (QED) is 0.944. The maximum atomic E-state index is 12.0. The summed E-state index contributed by atoms with van der Waals surface area (Å²) in [6.07, 6.45) is 3.97. The average Bonchev–Trinajstić information content (AvgIpc) is 2.38. The first-order valence-corrected chi connectivity index (χ1v) is 7.86. The maximum absolute atomic E-state index is 12.0. The average molecular weight is 311 g/mol. The number of aromatic nitrogens is 1. The second-order valence-electron chi connectivity index (χ2n) is 4.11. The third kappa shape index (κ3) is 3.34. The van der Waals surface area contributed by atoms with Crippen LogP contribution in [0, 0.1) is 0 Å². The van der Waals surface area contributed by atoms with E-state index in [1.54, 1.807) is 0 Å². The molecule has 0 bridgehead atoms. The zero-order valence-corrected chi connectivity index (χ0v) is 12.1. The molecule has 0 aliphatic heterocycles. The standard InChI is InChI=1S/C13H11ClN2O3S/c1-20(18,19)10-4-2-9(3-5-10)16-13(17)11-6-7-15-8-12(11)14/h2-8H,1H3,(H,16,17). The highest BCUT2D eigenvalue weighted by Gasteiger charge is 2.11. The van der Waals surface area contributed by atoms with Crippen molar-refractivity contribution in [2.24, 2.45) is 0 Å². The van der Waals surface area contributed by atoms with Gasteiger partial charge in [-0.1, -0.05) is 11.6 Å². The third-order valence-corrected chi connectivity index (χ3v) is 3.99. The summed E-state index contributed by atoms with van der Waals surface area (Å²) in [6, 6.07) is 7.40. The normalized spacial score (nSPS) is 11.1. The van der Waals surface area contributed by atoms with Crippen molar-refractivity contribution < 1.29 is 13.2 Å². The molecule has 1 aromatic heterocycles. The van der Waals surface area contributed by atoms with E-state index in [-0.39, 0.29) is 15.8 Å². The Bertz CT molecular complexity index is 742. The molecule has 0 saturated heterocycles. The predicted octanol–water partition coefficient (Wildman–Crippen LogP) is 2.39. The highest BCUT2D eigenvalue weighted by atomic mass is 35.5. The number of pyridine rings is 1. The number of hydrogen-bond acceptors (Lipinski definition) is 4. The van der Waals surface area contributed by atoms with Crippen molar-refractivity contribution in [2.45, 2.75) is 4.90 Å². The van der Waals surface area contributed by atoms with E-state index >= 15 is 0 Å². The molecule has 7 heteroatoms. The molecule has 0 aliphatic carbocycles. The van der Waals surface area contributed by atoms with Crippen LogP contribution in [0.3, 0.4) is 0 Å². The van der Waals surface area contributed by atoms with Gasteiger partial charge in [-0.25, -0.2) is 8.42 Å². The Morgan fingerprint density at radius 3 is 2.40 bits per heavy atom. The number of hydrogen-bond donors (Lipinski definition) is 1. The van der Waals surface area contributed by atoms with E-state index in [2.05, 4.69) is 10.3 Å². The minimum Gasteiger partial charge on any atom is -0.322 e. The molecule has 2 aromatic rings. The fraction of sp³-hybridized carbons (Fsp3) is 0.0769. The first-order chi connectivity index (χ1) is 9.38. The third-order valence-electron chi connectivity index (χ3n) is 2.56. The van der Waals surface area contributed by atoms with Gasteiger partial charge in [-0.3, -0.25) is 9.78 Å². The van der Waals surface area contributed by atoms with Crippen LogP contribution < -0.4 is 5.32 Å². The number of anilines is 1. The van der Waals surface area contributed by atoms with Gasteiger partial charge in [-0.2, -0.15) is 0 Å². The Labute approximate surface area is 121 Å². The Kier molecular flexibility index (Phi) is 4.06. The first kappa shape index (κ1) is 14.5. The molecular formula is C13H11ClN2O3S. The zero-order chi connectivity index (χ0) is 14.8. The number of carbonyl (C=O) groups excluding carboxylic acids is 1. The minimum absolute atomic E-state index is 0.192. The maximum Gasteiger partial charge on any atom is 0.257 e. The monoisotopic (exact) mass is 310 g/mol. The van der Waals surface area contributed by atoms with Crippen LogP contribution in [0.2, 0.25) is 5.02 Å². The Morgan fingerprint density at radius 2 is 1.85 bits per heavy atom. The number of carbonyl (C=O) groups is 1. The van der Waals surface area contributed by atoms with E-state index in [1.165, 1.54) is 42.7 Å². The first-order valence-electron chi connectivity index (χ1n) is 5.59. The number of nitrogens with zero attached hydrogens (tertiary/aromatic N) is 1. The fourth-order valence-corrected chi connectivity index (χ4v) is 2.38. The van der Waals surface area contributed by atoms with Crippen molar-refractivity contribution in [1.82, 2.24) is 4.98 Å². The number of sulfone groups is 1. The van der Waals surface area contributed by atoms with Gasteiger partial charge in [0.05, 0.1) is 15.5 Å². The molecule has 20 heavy (non-hydrogen) atoms. The molecule has 1 N–H and O–H groups in total. The van der Waals surface area contributed by atoms with Crippen LogP contribution in [0.15, 0.2) is 47.6 Å². The van der Waals surface area contributed by atoms with Gasteiger partial charge in [0.1, 0.15) is 0 Å². The lowest BCUT2D eigenvalue weighted by atomic mass is 10.2. The molecule has 0 unspecified atom stereocenters. The van der Waals surface area contributed by atoms with Gasteiger partial charge in [0.25, 0.3) is 5.91 Å². The number of benzene rings is 1. The van der Waals surface area contributed by atoms with Gasteiger partial charge < -0.3 is 5.32 Å². The van der Waals surface area contributed by atoms with E-state index in [0.717, 1.165) is 6.26 Å². The Hall–Kier alpha value is -1.92. The molecular weight excluding hydrogens is 300 g/mol. The predicted molar refractivity (Wildman–Crippen MR) is 76.8 cm³/mol. The summed E-state index contributed by atoms with van der Waals surface area (Å²) in [6.45, 7) is 0. The SMILES string of the molecule is CS(=O)(=O)c1ccc(NC(=O)c2ccncc2Cl)cc1. The van der Waals surface area contributed by atoms with Gasteiger partial charge >= 0.3 is 0 Å². The molecule has 0 saturated carbocycles. The number of rotatable bonds is 3. The molecule has 1 amide bonds. The molecule has 5 nitrogen and oxygen atoms in total. The molecule has 1 heterocycles. The number of amides is 1. The summed E-state index contributed by atoms with van der Waals surface area (Å²) in [5.41, 5.74) is 0.782. The van der Waals surface area contributed by atoms with Crippen molar-refractivity contribution in [2.75, 3.05) is 11.6 Å². The number of nitrogens with one attached hydrogen (secondary N) is 1. The summed E-state index contributed by atoms with van der Waals surface area (Å²) in [5.74, 6) is -0.385. The summed E-state index contributed by atoms with van der Waals surface area (Å²) < 4.78 is 22.6. The molecule has 1 aromatic carbocycles. The lowest BCUT2D eigenvalue weighted by Gasteiger charge is -2.07. The van der Waals surface area contributed by atoms with Crippen molar-refractivity contribution in [1.29, 1.82) is 0 Å². The van der Waals surface area contributed by atoms with Gasteiger partial charge in [-0.15, -0.1) is 0 Å². The van der Waals surface area contributed by atoms with Crippen LogP contribution >= 0.6 is 11.6 Å². The van der Waals surface area contributed by atoms with Gasteiger partial charge in [0.15, 0.2) is 9.84 Å². The topological polar surface area (TPSA) is 76.1 Å².